The highest BCUT2D eigenvalue weighted by molar-refractivity contribution is 7.89. The van der Waals surface area contributed by atoms with Crippen LogP contribution in [0.25, 0.3) is 0 Å². The van der Waals surface area contributed by atoms with Gasteiger partial charge in [-0.05, 0) is 54.2 Å². The molecule has 1 aliphatic heterocycles. The number of nitrogens with zero attached hydrogens (tertiary/aromatic N) is 1. The third-order valence-electron chi connectivity index (χ3n) is 5.36. The number of carbonyl (C=O) groups is 1. The summed E-state index contributed by atoms with van der Waals surface area (Å²) in [6.45, 7) is 1.08. The number of thiophene rings is 1. The fourth-order valence-electron chi connectivity index (χ4n) is 3.73. The standard InChI is InChI=1S/C21H23NO4S2/c23-21(26-15-16-6-2-1-3-7-16)20-19(11-13-27-20)28(24,25)22-12-10-17-8-4-5-9-18(17)14-22/h1-2,4-5,8-9,11,13,16H,3,6-7,10,12,14-15H2. The summed E-state index contributed by atoms with van der Waals surface area (Å²) in [6, 6.07) is 9.40. The van der Waals surface area contributed by atoms with E-state index in [1.54, 1.807) is 5.38 Å². The van der Waals surface area contributed by atoms with Crippen molar-refractivity contribution < 1.29 is 17.9 Å². The van der Waals surface area contributed by atoms with E-state index in [0.29, 0.717) is 32.0 Å². The van der Waals surface area contributed by atoms with Crippen LogP contribution in [0.3, 0.4) is 0 Å². The number of hydrogen-bond donors (Lipinski definition) is 0. The zero-order valence-corrected chi connectivity index (χ0v) is 17.2. The second-order valence-electron chi connectivity index (χ2n) is 7.22. The van der Waals surface area contributed by atoms with Gasteiger partial charge < -0.3 is 4.74 Å². The molecule has 5 nitrogen and oxygen atoms in total. The van der Waals surface area contributed by atoms with Crippen LogP contribution < -0.4 is 0 Å². The second-order valence-corrected chi connectivity index (χ2v) is 10.0. The molecular formula is C21H23NO4S2. The van der Waals surface area contributed by atoms with Gasteiger partial charge in [0.05, 0.1) is 6.61 Å². The molecule has 2 heterocycles. The van der Waals surface area contributed by atoms with Gasteiger partial charge >= 0.3 is 5.97 Å². The third-order valence-corrected chi connectivity index (χ3v) is 8.27. The van der Waals surface area contributed by atoms with Crippen molar-refractivity contribution in [2.75, 3.05) is 13.2 Å². The number of rotatable bonds is 5. The number of carbonyl (C=O) groups excluding carboxylic acids is 1. The van der Waals surface area contributed by atoms with Gasteiger partial charge in [-0.3, -0.25) is 0 Å². The van der Waals surface area contributed by atoms with E-state index in [0.717, 1.165) is 36.2 Å². The maximum Gasteiger partial charge on any atom is 0.349 e. The van der Waals surface area contributed by atoms with Crippen molar-refractivity contribution in [1.29, 1.82) is 0 Å². The SMILES string of the molecule is O=C(OCC1CC=CCC1)c1sccc1S(=O)(=O)N1CCc2ccccc2C1. The molecule has 1 aromatic carbocycles. The molecule has 1 aromatic heterocycles. The molecule has 2 aromatic rings. The molecule has 1 atom stereocenters. The van der Waals surface area contributed by atoms with E-state index in [1.165, 1.54) is 15.9 Å². The molecule has 0 saturated carbocycles. The lowest BCUT2D eigenvalue weighted by atomic mass is 9.95. The summed E-state index contributed by atoms with van der Waals surface area (Å²) in [5, 5.41) is 1.64. The number of benzene rings is 1. The summed E-state index contributed by atoms with van der Waals surface area (Å²) in [5.74, 6) is -0.229. The van der Waals surface area contributed by atoms with E-state index in [4.69, 9.17) is 4.74 Å². The first kappa shape index (κ1) is 19.4. The van der Waals surface area contributed by atoms with Gasteiger partial charge in [-0.2, -0.15) is 4.31 Å². The Bertz CT molecular complexity index is 993. The monoisotopic (exact) mass is 417 g/mol. The quantitative estimate of drug-likeness (QED) is 0.545. The number of ether oxygens (including phenoxy) is 1. The Morgan fingerprint density at radius 2 is 2.00 bits per heavy atom. The molecule has 1 unspecified atom stereocenters. The molecule has 2 aliphatic rings. The minimum Gasteiger partial charge on any atom is -0.461 e. The predicted molar refractivity (Wildman–Crippen MR) is 109 cm³/mol. The average Bonchev–Trinajstić information content (AvgIpc) is 3.23. The van der Waals surface area contributed by atoms with E-state index in [2.05, 4.69) is 12.2 Å². The van der Waals surface area contributed by atoms with Crippen molar-refractivity contribution in [2.45, 2.75) is 37.1 Å². The number of sulfonamides is 1. The smallest absolute Gasteiger partial charge is 0.349 e. The first-order valence-electron chi connectivity index (χ1n) is 9.52. The maximum absolute atomic E-state index is 13.2. The minimum absolute atomic E-state index is 0.0606. The van der Waals surface area contributed by atoms with E-state index in [-0.39, 0.29) is 9.77 Å². The van der Waals surface area contributed by atoms with Crippen LogP contribution in [-0.4, -0.2) is 31.8 Å². The van der Waals surface area contributed by atoms with Crippen LogP contribution in [0.15, 0.2) is 52.8 Å². The predicted octanol–water partition coefficient (Wildman–Crippen LogP) is 4.01. The van der Waals surface area contributed by atoms with Crippen LogP contribution in [0.1, 0.15) is 40.1 Å². The van der Waals surface area contributed by atoms with Crippen molar-refractivity contribution in [3.05, 3.63) is 63.9 Å². The topological polar surface area (TPSA) is 63.7 Å². The summed E-state index contributed by atoms with van der Waals surface area (Å²) in [7, 11) is -3.75. The molecule has 0 radical (unpaired) electrons. The molecule has 148 valence electrons. The number of esters is 1. The minimum atomic E-state index is -3.75. The van der Waals surface area contributed by atoms with Crippen molar-refractivity contribution in [3.63, 3.8) is 0 Å². The van der Waals surface area contributed by atoms with Crippen LogP contribution in [0.5, 0.6) is 0 Å². The van der Waals surface area contributed by atoms with Gasteiger partial charge in [0.15, 0.2) is 0 Å². The summed E-state index contributed by atoms with van der Waals surface area (Å²) >= 11 is 1.13. The Labute approximate surface area is 169 Å². The van der Waals surface area contributed by atoms with E-state index in [1.807, 2.05) is 24.3 Å². The maximum atomic E-state index is 13.2. The third kappa shape index (κ3) is 3.92. The number of hydrogen-bond acceptors (Lipinski definition) is 5. The normalized spacial score (nSPS) is 19.9. The van der Waals surface area contributed by atoms with Crippen molar-refractivity contribution in [2.24, 2.45) is 5.92 Å². The Balaban J connectivity index is 1.49. The van der Waals surface area contributed by atoms with Crippen LogP contribution in [0.4, 0.5) is 0 Å². The fourth-order valence-corrected chi connectivity index (χ4v) is 6.43. The molecule has 1 aliphatic carbocycles. The molecule has 0 amide bonds. The molecule has 0 fully saturated rings. The van der Waals surface area contributed by atoms with Crippen molar-refractivity contribution in [3.8, 4) is 0 Å². The molecule has 0 spiro atoms. The van der Waals surface area contributed by atoms with Gasteiger partial charge in [-0.25, -0.2) is 13.2 Å². The van der Waals surface area contributed by atoms with Crippen LogP contribution >= 0.6 is 11.3 Å². The van der Waals surface area contributed by atoms with Crippen LogP contribution in [-0.2, 0) is 27.7 Å². The fraction of sp³-hybridized carbons (Fsp3) is 0.381. The zero-order chi connectivity index (χ0) is 19.6. The molecule has 0 N–H and O–H groups in total. The number of fused-ring (bicyclic) bond motifs is 1. The molecule has 7 heteroatoms. The van der Waals surface area contributed by atoms with Crippen LogP contribution in [0, 0.1) is 5.92 Å². The highest BCUT2D eigenvalue weighted by Gasteiger charge is 2.33. The lowest BCUT2D eigenvalue weighted by molar-refractivity contribution is 0.0433. The molecule has 4 rings (SSSR count). The Kier molecular flexibility index (Phi) is 5.66. The average molecular weight is 418 g/mol. The summed E-state index contributed by atoms with van der Waals surface area (Å²) in [5.41, 5.74) is 2.20. The van der Waals surface area contributed by atoms with E-state index in [9.17, 15) is 13.2 Å². The highest BCUT2D eigenvalue weighted by Crippen LogP contribution is 2.30. The first-order valence-corrected chi connectivity index (χ1v) is 11.8. The highest BCUT2D eigenvalue weighted by atomic mass is 32.2. The second kappa shape index (κ2) is 8.19. The van der Waals surface area contributed by atoms with Gasteiger partial charge in [0.25, 0.3) is 0 Å². The van der Waals surface area contributed by atoms with Gasteiger partial charge in [0.2, 0.25) is 10.0 Å². The number of allylic oxidation sites excluding steroid dienone is 2. The molecule has 28 heavy (non-hydrogen) atoms. The molecule has 0 bridgehead atoms. The van der Waals surface area contributed by atoms with Gasteiger partial charge in [-0.15, -0.1) is 11.3 Å². The summed E-state index contributed by atoms with van der Waals surface area (Å²) in [6.07, 6.45) is 7.81. The van der Waals surface area contributed by atoms with Crippen LogP contribution in [0.2, 0.25) is 0 Å². The Morgan fingerprint density at radius 1 is 1.18 bits per heavy atom. The summed E-state index contributed by atoms with van der Waals surface area (Å²) in [4.78, 5) is 12.8. The van der Waals surface area contributed by atoms with Gasteiger partial charge in [0, 0.05) is 13.1 Å². The zero-order valence-electron chi connectivity index (χ0n) is 15.5. The van der Waals surface area contributed by atoms with Crippen molar-refractivity contribution >= 4 is 27.3 Å². The Morgan fingerprint density at radius 3 is 2.79 bits per heavy atom. The van der Waals surface area contributed by atoms with Gasteiger partial charge in [0.1, 0.15) is 9.77 Å². The molecule has 0 saturated heterocycles. The van der Waals surface area contributed by atoms with Crippen molar-refractivity contribution in [1.82, 2.24) is 4.31 Å². The van der Waals surface area contributed by atoms with Gasteiger partial charge in [-0.1, -0.05) is 36.4 Å². The van der Waals surface area contributed by atoms with E-state index < -0.39 is 16.0 Å². The largest absolute Gasteiger partial charge is 0.461 e. The van der Waals surface area contributed by atoms with E-state index >= 15 is 0 Å². The lowest BCUT2D eigenvalue weighted by Crippen LogP contribution is -2.36. The summed E-state index contributed by atoms with van der Waals surface area (Å²) < 4.78 is 33.3. The first-order chi connectivity index (χ1) is 13.6. The molecular weight excluding hydrogens is 394 g/mol. The Hall–Kier alpha value is -1.96. The lowest BCUT2D eigenvalue weighted by Gasteiger charge is -2.28.